The lowest BCUT2D eigenvalue weighted by molar-refractivity contribution is -0.139. The van der Waals surface area contributed by atoms with Crippen LogP contribution < -0.4 is 5.32 Å². The largest absolute Gasteiger partial charge is 0.461 e. The van der Waals surface area contributed by atoms with Crippen molar-refractivity contribution < 1.29 is 19.1 Å². The number of halogens is 1. The summed E-state index contributed by atoms with van der Waals surface area (Å²) < 4.78 is 10.8. The van der Waals surface area contributed by atoms with E-state index >= 15 is 0 Å². The van der Waals surface area contributed by atoms with Gasteiger partial charge in [0.1, 0.15) is 13.2 Å². The van der Waals surface area contributed by atoms with E-state index in [4.69, 9.17) is 26.3 Å². The number of benzene rings is 1. The van der Waals surface area contributed by atoms with E-state index in [0.29, 0.717) is 27.6 Å². The van der Waals surface area contributed by atoms with Crippen LogP contribution in [-0.4, -0.2) is 25.2 Å². The number of carbonyl (C=O) groups excluding carboxylic acids is 2. The third-order valence-electron chi connectivity index (χ3n) is 4.97. The summed E-state index contributed by atoms with van der Waals surface area (Å²) in [6.07, 6.45) is 3.73. The van der Waals surface area contributed by atoms with E-state index < -0.39 is 17.9 Å². The van der Waals surface area contributed by atoms with E-state index in [9.17, 15) is 9.59 Å². The maximum Gasteiger partial charge on any atom is 0.337 e. The molecule has 6 nitrogen and oxygen atoms in total. The smallest absolute Gasteiger partial charge is 0.337 e. The molecule has 0 bridgehead atoms. The summed E-state index contributed by atoms with van der Waals surface area (Å²) in [6, 6.07) is 12.8. The van der Waals surface area contributed by atoms with Crippen molar-refractivity contribution in [2.45, 2.75) is 26.2 Å². The van der Waals surface area contributed by atoms with Crippen LogP contribution in [0.2, 0.25) is 5.02 Å². The molecule has 2 aromatic rings. The molecule has 8 heteroatoms. The molecular formula is C25H23ClN2O4S. The number of ether oxygens (including phenoxy) is 2. The minimum absolute atomic E-state index is 0.0373. The van der Waals surface area contributed by atoms with Crippen molar-refractivity contribution >= 4 is 41.0 Å². The predicted octanol–water partition coefficient (Wildman–Crippen LogP) is 5.35. The average Bonchev–Trinajstić information content (AvgIpc) is 3.29. The standard InChI is InChI=1S/C25H23ClN2O4S/c1-16-21(24(29)31-12-4-9-20-10-5-14-33-20)23(18-7-3-8-19(26)15-18)22(17(2)28-16)25(30)32-13-6-11-27/h3-5,7-10,14-15,23,28H,6,12-13H2,1-2H3. The van der Waals surface area contributed by atoms with Crippen LogP contribution in [0.25, 0.3) is 6.08 Å². The Kier molecular flexibility index (Phi) is 8.47. The summed E-state index contributed by atoms with van der Waals surface area (Å²) in [5.41, 5.74) is 2.39. The molecule has 0 radical (unpaired) electrons. The van der Waals surface area contributed by atoms with Crippen LogP contribution in [0.4, 0.5) is 0 Å². The number of rotatable bonds is 8. The van der Waals surface area contributed by atoms with Gasteiger partial charge in [0.05, 0.1) is 29.6 Å². The van der Waals surface area contributed by atoms with Crippen LogP contribution in [0, 0.1) is 11.3 Å². The molecule has 170 valence electrons. The Balaban J connectivity index is 1.91. The van der Waals surface area contributed by atoms with Crippen molar-refractivity contribution in [3.63, 3.8) is 0 Å². The second-order valence-corrected chi connectivity index (χ2v) is 8.67. The number of hydrogen-bond acceptors (Lipinski definition) is 7. The van der Waals surface area contributed by atoms with Crippen molar-refractivity contribution in [3.8, 4) is 6.07 Å². The van der Waals surface area contributed by atoms with E-state index in [1.165, 1.54) is 0 Å². The molecule has 0 aliphatic carbocycles. The van der Waals surface area contributed by atoms with Gasteiger partial charge in [0, 0.05) is 21.3 Å². The fourth-order valence-electron chi connectivity index (χ4n) is 3.57. The second-order valence-electron chi connectivity index (χ2n) is 7.25. The van der Waals surface area contributed by atoms with Gasteiger partial charge in [0.15, 0.2) is 0 Å². The Morgan fingerprint density at radius 1 is 1.15 bits per heavy atom. The first kappa shape index (κ1) is 24.3. The number of allylic oxidation sites excluding steroid dienone is 2. The summed E-state index contributed by atoms with van der Waals surface area (Å²) in [5.74, 6) is -1.88. The normalized spacial score (nSPS) is 15.9. The Morgan fingerprint density at radius 3 is 2.52 bits per heavy atom. The minimum atomic E-state index is -0.728. The maximum atomic E-state index is 13.2. The number of thiophene rings is 1. The van der Waals surface area contributed by atoms with E-state index in [1.807, 2.05) is 29.7 Å². The van der Waals surface area contributed by atoms with Crippen LogP contribution >= 0.6 is 22.9 Å². The van der Waals surface area contributed by atoms with Gasteiger partial charge in [0.2, 0.25) is 0 Å². The van der Waals surface area contributed by atoms with Gasteiger partial charge in [-0.25, -0.2) is 9.59 Å². The van der Waals surface area contributed by atoms with Crippen LogP contribution in [0.5, 0.6) is 0 Å². The molecule has 1 aliphatic rings. The number of dihydropyridines is 1. The van der Waals surface area contributed by atoms with Gasteiger partial charge < -0.3 is 14.8 Å². The summed E-state index contributed by atoms with van der Waals surface area (Å²) in [7, 11) is 0. The molecule has 0 spiro atoms. The molecule has 2 heterocycles. The molecule has 3 rings (SSSR count). The topological polar surface area (TPSA) is 88.4 Å². The maximum absolute atomic E-state index is 13.2. The van der Waals surface area contributed by atoms with Gasteiger partial charge >= 0.3 is 11.9 Å². The number of nitriles is 1. The molecule has 1 N–H and O–H groups in total. The van der Waals surface area contributed by atoms with Crippen LogP contribution in [-0.2, 0) is 19.1 Å². The lowest BCUT2D eigenvalue weighted by atomic mass is 9.80. The molecule has 1 aromatic carbocycles. The average molecular weight is 483 g/mol. The molecule has 0 saturated carbocycles. The highest BCUT2D eigenvalue weighted by Gasteiger charge is 2.38. The molecule has 1 aromatic heterocycles. The zero-order valence-electron chi connectivity index (χ0n) is 18.3. The first-order valence-corrected chi connectivity index (χ1v) is 11.5. The van der Waals surface area contributed by atoms with Crippen LogP contribution in [0.15, 0.2) is 70.4 Å². The third-order valence-corrected chi connectivity index (χ3v) is 6.04. The molecular weight excluding hydrogens is 460 g/mol. The number of carbonyl (C=O) groups is 2. The molecule has 1 unspecified atom stereocenters. The SMILES string of the molecule is CC1=C(C(=O)OCC=Cc2cccs2)C(c2cccc(Cl)c2)C(C(=O)OCCC#N)=C(C)N1. The zero-order valence-corrected chi connectivity index (χ0v) is 19.8. The van der Waals surface area contributed by atoms with Crippen molar-refractivity contribution in [1.29, 1.82) is 5.26 Å². The highest BCUT2D eigenvalue weighted by Crippen LogP contribution is 2.39. The lowest BCUT2D eigenvalue weighted by Gasteiger charge is -2.30. The van der Waals surface area contributed by atoms with Gasteiger partial charge in [-0.3, -0.25) is 0 Å². The third kappa shape index (κ3) is 6.13. The lowest BCUT2D eigenvalue weighted by Crippen LogP contribution is -2.32. The van der Waals surface area contributed by atoms with Crippen molar-refractivity contribution in [2.24, 2.45) is 0 Å². The molecule has 0 saturated heterocycles. The van der Waals surface area contributed by atoms with E-state index in [-0.39, 0.29) is 25.2 Å². The Labute approximate surface area is 201 Å². The minimum Gasteiger partial charge on any atom is -0.461 e. The van der Waals surface area contributed by atoms with E-state index in [2.05, 4.69) is 5.32 Å². The monoisotopic (exact) mass is 482 g/mol. The van der Waals surface area contributed by atoms with Crippen LogP contribution in [0.1, 0.15) is 36.6 Å². The van der Waals surface area contributed by atoms with Gasteiger partial charge in [0.25, 0.3) is 0 Å². The fraction of sp³-hybridized carbons (Fsp3) is 0.240. The molecule has 1 atom stereocenters. The number of nitrogens with one attached hydrogen (secondary N) is 1. The second kappa shape index (κ2) is 11.5. The number of nitrogens with zero attached hydrogens (tertiary/aromatic N) is 1. The Morgan fingerprint density at radius 2 is 1.88 bits per heavy atom. The molecule has 33 heavy (non-hydrogen) atoms. The molecule has 0 fully saturated rings. The van der Waals surface area contributed by atoms with Gasteiger partial charge in [-0.15, -0.1) is 11.3 Å². The summed E-state index contributed by atoms with van der Waals surface area (Å²) in [4.78, 5) is 27.2. The summed E-state index contributed by atoms with van der Waals surface area (Å²) in [6.45, 7) is 3.55. The van der Waals surface area contributed by atoms with Crippen LogP contribution in [0.3, 0.4) is 0 Å². The van der Waals surface area contributed by atoms with E-state index in [1.54, 1.807) is 55.5 Å². The van der Waals surface area contributed by atoms with Gasteiger partial charge in [-0.1, -0.05) is 29.8 Å². The molecule has 1 aliphatic heterocycles. The first-order valence-electron chi connectivity index (χ1n) is 10.3. The van der Waals surface area contributed by atoms with Crippen molar-refractivity contribution in [3.05, 3.63) is 85.9 Å². The summed E-state index contributed by atoms with van der Waals surface area (Å²) >= 11 is 7.81. The molecule has 0 amide bonds. The predicted molar refractivity (Wildman–Crippen MR) is 128 cm³/mol. The van der Waals surface area contributed by atoms with Crippen molar-refractivity contribution in [1.82, 2.24) is 5.32 Å². The number of hydrogen-bond donors (Lipinski definition) is 1. The first-order chi connectivity index (χ1) is 15.9. The van der Waals surface area contributed by atoms with Gasteiger partial charge in [-0.2, -0.15) is 5.26 Å². The quantitative estimate of drug-likeness (QED) is 0.403. The Bertz CT molecular complexity index is 1160. The number of esters is 2. The van der Waals surface area contributed by atoms with Crippen molar-refractivity contribution in [2.75, 3.05) is 13.2 Å². The highest BCUT2D eigenvalue weighted by molar-refractivity contribution is 7.10. The highest BCUT2D eigenvalue weighted by atomic mass is 35.5. The van der Waals surface area contributed by atoms with Gasteiger partial charge in [-0.05, 0) is 55.1 Å². The van der Waals surface area contributed by atoms with E-state index in [0.717, 1.165) is 4.88 Å². The fourth-order valence-corrected chi connectivity index (χ4v) is 4.42. The summed E-state index contributed by atoms with van der Waals surface area (Å²) in [5, 5.41) is 14.3. The Hall–Kier alpha value is -3.34. The zero-order chi connectivity index (χ0) is 23.8.